The second-order valence-corrected chi connectivity index (χ2v) is 4.92. The molecule has 0 bridgehead atoms. The highest BCUT2D eigenvalue weighted by Crippen LogP contribution is 2.30. The molecule has 2 aromatic rings. The Morgan fingerprint density at radius 1 is 0.833 bits per heavy atom. The average Bonchev–Trinajstić information content (AvgIpc) is 2.46. The van der Waals surface area contributed by atoms with Gasteiger partial charge in [-0.15, -0.1) is 0 Å². The summed E-state index contributed by atoms with van der Waals surface area (Å²) in [6.07, 6.45) is -4.49. The molecular weight excluding hydrogens is 323 g/mol. The number of hydrogen-bond donors (Lipinski definition) is 3. The highest BCUT2D eigenvalue weighted by molar-refractivity contribution is 6.00. The van der Waals surface area contributed by atoms with Crippen molar-refractivity contribution in [2.24, 2.45) is 0 Å². The Hall–Kier alpha value is -3.03. The minimum atomic E-state index is -4.49. The van der Waals surface area contributed by atoms with Crippen molar-refractivity contribution in [3.63, 3.8) is 0 Å². The van der Waals surface area contributed by atoms with Crippen LogP contribution in [0.15, 0.2) is 48.5 Å². The number of nitrogens with one attached hydrogen (secondary N) is 3. The third-order valence-electron chi connectivity index (χ3n) is 2.89. The van der Waals surface area contributed by atoms with E-state index in [1.54, 1.807) is 18.2 Å². The number of carbonyl (C=O) groups is 2. The van der Waals surface area contributed by atoms with E-state index in [1.807, 2.05) is 0 Å². The number of benzene rings is 2. The van der Waals surface area contributed by atoms with E-state index in [1.165, 1.54) is 25.1 Å². The predicted molar refractivity (Wildman–Crippen MR) is 84.8 cm³/mol. The maximum Gasteiger partial charge on any atom is 0.416 e. The number of halogens is 3. The fourth-order valence-electron chi connectivity index (χ4n) is 1.94. The topological polar surface area (TPSA) is 70.2 Å². The Labute approximate surface area is 135 Å². The smallest absolute Gasteiger partial charge is 0.326 e. The number of carbonyl (C=O) groups excluding carboxylic acids is 2. The molecule has 8 heteroatoms. The summed E-state index contributed by atoms with van der Waals surface area (Å²) in [4.78, 5) is 22.9. The normalized spacial score (nSPS) is 10.8. The average molecular weight is 337 g/mol. The number of rotatable bonds is 3. The molecular formula is C16H14F3N3O2. The summed E-state index contributed by atoms with van der Waals surface area (Å²) >= 11 is 0. The Balaban J connectivity index is 2.05. The molecule has 0 aliphatic carbocycles. The van der Waals surface area contributed by atoms with Crippen LogP contribution in [0.2, 0.25) is 0 Å². The van der Waals surface area contributed by atoms with Gasteiger partial charge in [-0.2, -0.15) is 13.2 Å². The van der Waals surface area contributed by atoms with Gasteiger partial charge in [0.25, 0.3) is 0 Å². The van der Waals surface area contributed by atoms with Crippen LogP contribution >= 0.6 is 0 Å². The number of amides is 3. The molecule has 3 N–H and O–H groups in total. The summed E-state index contributed by atoms with van der Waals surface area (Å²) in [5, 5.41) is 7.36. The Kier molecular flexibility index (Phi) is 5.08. The zero-order chi connectivity index (χ0) is 17.7. The van der Waals surface area contributed by atoms with Crippen LogP contribution in [0.3, 0.4) is 0 Å². The number of alkyl halides is 3. The van der Waals surface area contributed by atoms with Crippen LogP contribution < -0.4 is 16.0 Å². The number of urea groups is 1. The summed E-state index contributed by atoms with van der Waals surface area (Å²) in [6.45, 7) is 1.35. The lowest BCUT2D eigenvalue weighted by molar-refractivity contribution is -0.137. The second-order valence-electron chi connectivity index (χ2n) is 4.92. The minimum absolute atomic E-state index is 0.0142. The third-order valence-corrected chi connectivity index (χ3v) is 2.89. The van der Waals surface area contributed by atoms with Crippen molar-refractivity contribution in [2.45, 2.75) is 13.1 Å². The van der Waals surface area contributed by atoms with Crippen molar-refractivity contribution < 1.29 is 22.8 Å². The van der Waals surface area contributed by atoms with E-state index in [0.717, 1.165) is 12.1 Å². The van der Waals surface area contributed by atoms with E-state index >= 15 is 0 Å². The molecule has 0 saturated carbocycles. The van der Waals surface area contributed by atoms with Crippen molar-refractivity contribution in [1.29, 1.82) is 0 Å². The molecule has 0 atom stereocenters. The van der Waals surface area contributed by atoms with Crippen LogP contribution in [0.4, 0.5) is 35.0 Å². The van der Waals surface area contributed by atoms with E-state index in [0.29, 0.717) is 11.4 Å². The molecule has 0 radical (unpaired) electrons. The van der Waals surface area contributed by atoms with Gasteiger partial charge in [-0.1, -0.05) is 12.1 Å². The van der Waals surface area contributed by atoms with Crippen LogP contribution in [0, 0.1) is 0 Å². The van der Waals surface area contributed by atoms with Gasteiger partial charge in [-0.3, -0.25) is 4.79 Å². The molecule has 0 fully saturated rings. The molecule has 0 aliphatic heterocycles. The van der Waals surface area contributed by atoms with Crippen molar-refractivity contribution in [1.82, 2.24) is 0 Å². The Morgan fingerprint density at radius 3 is 1.88 bits per heavy atom. The zero-order valence-electron chi connectivity index (χ0n) is 12.6. The molecule has 3 amide bonds. The van der Waals surface area contributed by atoms with Gasteiger partial charge in [0.1, 0.15) is 0 Å². The van der Waals surface area contributed by atoms with Crippen LogP contribution in [-0.2, 0) is 11.0 Å². The van der Waals surface area contributed by atoms with Gasteiger partial charge in [-0.05, 0) is 36.4 Å². The van der Waals surface area contributed by atoms with Gasteiger partial charge in [0.05, 0.1) is 5.56 Å². The molecule has 2 rings (SSSR count). The molecule has 2 aromatic carbocycles. The van der Waals surface area contributed by atoms with Crippen molar-refractivity contribution in [3.05, 3.63) is 54.1 Å². The molecule has 0 aromatic heterocycles. The minimum Gasteiger partial charge on any atom is -0.326 e. The first-order chi connectivity index (χ1) is 11.2. The predicted octanol–water partition coefficient (Wildman–Crippen LogP) is 4.31. The van der Waals surface area contributed by atoms with Crippen molar-refractivity contribution >= 4 is 29.0 Å². The maximum atomic E-state index is 12.6. The number of anilines is 3. The molecule has 0 spiro atoms. The lowest BCUT2D eigenvalue weighted by atomic mass is 10.2. The lowest BCUT2D eigenvalue weighted by Gasteiger charge is -2.11. The standard InChI is InChI=1S/C16H14F3N3O2/c1-10(23)20-13-6-3-7-14(9-13)22-15(24)21-12-5-2-4-11(8-12)16(17,18)19/h2-9H,1H3,(H,20,23)(H2,21,22,24). The van der Waals surface area contributed by atoms with Crippen LogP contribution in [-0.4, -0.2) is 11.9 Å². The van der Waals surface area contributed by atoms with Gasteiger partial charge in [0, 0.05) is 24.0 Å². The van der Waals surface area contributed by atoms with Crippen LogP contribution in [0.5, 0.6) is 0 Å². The summed E-state index contributed by atoms with van der Waals surface area (Å²) in [5.41, 5.74) is 0.0263. The maximum absolute atomic E-state index is 12.6. The molecule has 126 valence electrons. The molecule has 0 aliphatic rings. The van der Waals surface area contributed by atoms with E-state index in [9.17, 15) is 22.8 Å². The summed E-state index contributed by atoms with van der Waals surface area (Å²) in [6, 6.07) is 9.97. The van der Waals surface area contributed by atoms with E-state index in [2.05, 4.69) is 16.0 Å². The summed E-state index contributed by atoms with van der Waals surface area (Å²) in [7, 11) is 0. The third kappa shape index (κ3) is 5.01. The lowest BCUT2D eigenvalue weighted by Crippen LogP contribution is -2.20. The van der Waals surface area contributed by atoms with Gasteiger partial charge in [0.15, 0.2) is 0 Å². The molecule has 5 nitrogen and oxygen atoms in total. The first kappa shape index (κ1) is 17.3. The fourth-order valence-corrected chi connectivity index (χ4v) is 1.94. The van der Waals surface area contributed by atoms with E-state index in [4.69, 9.17) is 0 Å². The van der Waals surface area contributed by atoms with Gasteiger partial charge >= 0.3 is 12.2 Å². The summed E-state index contributed by atoms with van der Waals surface area (Å²) < 4.78 is 37.9. The largest absolute Gasteiger partial charge is 0.416 e. The van der Waals surface area contributed by atoms with Gasteiger partial charge in [-0.25, -0.2) is 4.79 Å². The van der Waals surface area contributed by atoms with Crippen molar-refractivity contribution in [3.8, 4) is 0 Å². The van der Waals surface area contributed by atoms with Crippen molar-refractivity contribution in [2.75, 3.05) is 16.0 Å². The second kappa shape index (κ2) is 7.03. The van der Waals surface area contributed by atoms with Gasteiger partial charge < -0.3 is 16.0 Å². The first-order valence-corrected chi connectivity index (χ1v) is 6.87. The number of hydrogen-bond acceptors (Lipinski definition) is 2. The van der Waals surface area contributed by atoms with E-state index in [-0.39, 0.29) is 11.6 Å². The zero-order valence-corrected chi connectivity index (χ0v) is 12.6. The van der Waals surface area contributed by atoms with Gasteiger partial charge in [0.2, 0.25) is 5.91 Å². The molecule has 0 saturated heterocycles. The molecule has 24 heavy (non-hydrogen) atoms. The van der Waals surface area contributed by atoms with Crippen LogP contribution in [0.1, 0.15) is 12.5 Å². The summed E-state index contributed by atoms with van der Waals surface area (Å²) in [5.74, 6) is -0.263. The molecule has 0 heterocycles. The Bertz CT molecular complexity index is 760. The monoisotopic (exact) mass is 337 g/mol. The van der Waals surface area contributed by atoms with E-state index < -0.39 is 17.8 Å². The first-order valence-electron chi connectivity index (χ1n) is 6.87. The highest BCUT2D eigenvalue weighted by Gasteiger charge is 2.30. The SMILES string of the molecule is CC(=O)Nc1cccc(NC(=O)Nc2cccc(C(F)(F)F)c2)c1. The highest BCUT2D eigenvalue weighted by atomic mass is 19.4. The quantitative estimate of drug-likeness (QED) is 0.781. The fraction of sp³-hybridized carbons (Fsp3) is 0.125. The molecule has 0 unspecified atom stereocenters. The van der Waals surface area contributed by atoms with Crippen LogP contribution in [0.25, 0.3) is 0 Å². The Morgan fingerprint density at radius 2 is 1.33 bits per heavy atom.